The number of hydrogen-bond acceptors (Lipinski definition) is 2. The zero-order valence-corrected chi connectivity index (χ0v) is 14.0. The molecule has 0 aromatic heterocycles. The van der Waals surface area contributed by atoms with Crippen LogP contribution in [0.1, 0.15) is 39.5 Å². The molecule has 0 aromatic rings. The van der Waals surface area contributed by atoms with E-state index in [-0.39, 0.29) is 11.8 Å². The van der Waals surface area contributed by atoms with Crippen molar-refractivity contribution in [1.82, 2.24) is 9.80 Å². The van der Waals surface area contributed by atoms with Crippen molar-refractivity contribution in [2.75, 3.05) is 13.1 Å². The molecule has 0 spiro atoms. The van der Waals surface area contributed by atoms with Gasteiger partial charge >= 0.3 is 0 Å². The minimum atomic E-state index is -0.512. The van der Waals surface area contributed by atoms with Crippen LogP contribution in [0.15, 0.2) is 0 Å². The lowest BCUT2D eigenvalue weighted by Crippen LogP contribution is -2.61. The fraction of sp³-hybridized carbons (Fsp3) is 0.833. The molecule has 2 amide bonds. The maximum atomic E-state index is 12.2. The monoisotopic (exact) mass is 382 g/mol. The molecule has 0 aliphatic carbocycles. The van der Waals surface area contributed by atoms with Crippen LogP contribution in [0.5, 0.6) is 0 Å². The second kappa shape index (κ2) is 7.48. The molecule has 1 aliphatic heterocycles. The predicted molar refractivity (Wildman–Crippen MR) is 78.7 cm³/mol. The third kappa shape index (κ3) is 3.47. The largest absolute Gasteiger partial charge is 0.319 e. The summed E-state index contributed by atoms with van der Waals surface area (Å²) in [6, 6.07) is 0. The number of piperazine rings is 1. The van der Waals surface area contributed by atoms with Gasteiger partial charge in [0.05, 0.1) is 0 Å². The lowest BCUT2D eigenvalue weighted by molar-refractivity contribution is -0.153. The number of carbonyl (C=O) groups is 2. The van der Waals surface area contributed by atoms with E-state index in [9.17, 15) is 9.59 Å². The maximum Gasteiger partial charge on any atom is 0.257 e. The van der Waals surface area contributed by atoms with Crippen LogP contribution in [0.3, 0.4) is 0 Å². The summed E-state index contributed by atoms with van der Waals surface area (Å²) in [4.78, 5) is 26.6. The molecule has 0 radical (unpaired) electrons. The van der Waals surface area contributed by atoms with E-state index < -0.39 is 9.90 Å². The number of halogens is 2. The molecule has 1 fully saturated rings. The van der Waals surface area contributed by atoms with Gasteiger partial charge in [0.1, 0.15) is 0 Å². The first-order valence-corrected chi connectivity index (χ1v) is 8.26. The van der Waals surface area contributed by atoms with Crippen molar-refractivity contribution < 1.29 is 9.59 Å². The summed E-state index contributed by atoms with van der Waals surface area (Å²) in [5, 5.41) is 0. The summed E-state index contributed by atoms with van der Waals surface area (Å²) >= 11 is 6.69. The Morgan fingerprint density at radius 2 is 1.22 bits per heavy atom. The van der Waals surface area contributed by atoms with Crippen LogP contribution in [-0.4, -0.2) is 44.6 Å². The van der Waals surface area contributed by atoms with Gasteiger partial charge < -0.3 is 9.80 Å². The Kier molecular flexibility index (Phi) is 6.63. The average molecular weight is 384 g/mol. The van der Waals surface area contributed by atoms with Crippen LogP contribution in [0.2, 0.25) is 0 Å². The highest BCUT2D eigenvalue weighted by molar-refractivity contribution is 9.10. The third-order valence-corrected chi connectivity index (χ3v) is 4.80. The van der Waals surface area contributed by atoms with E-state index in [0.29, 0.717) is 13.1 Å². The maximum absolute atomic E-state index is 12.2. The summed E-state index contributed by atoms with van der Waals surface area (Å²) in [5.41, 5.74) is 0. The molecule has 2 atom stereocenters. The summed E-state index contributed by atoms with van der Waals surface area (Å²) in [6.45, 7) is 5.39. The second-order valence-corrected chi connectivity index (χ2v) is 6.18. The molecular weight excluding hydrogens is 364 g/mol. The van der Waals surface area contributed by atoms with Crippen LogP contribution in [-0.2, 0) is 9.59 Å². The topological polar surface area (TPSA) is 40.6 Å². The summed E-state index contributed by atoms with van der Waals surface area (Å²) in [5.74, 6) is -0.0537. The van der Waals surface area contributed by atoms with Crippen LogP contribution in [0.25, 0.3) is 0 Å². The molecular formula is C12H20Br2N2O2. The number of unbranched alkanes of at least 4 members (excludes halogenated alkanes) is 2. The number of rotatable bonds is 6. The first kappa shape index (κ1) is 16.0. The number of nitrogens with zero attached hydrogens (tertiary/aromatic N) is 2. The first-order valence-electron chi connectivity index (χ1n) is 6.43. The summed E-state index contributed by atoms with van der Waals surface area (Å²) in [7, 11) is 0. The smallest absolute Gasteiger partial charge is 0.257 e. The summed E-state index contributed by atoms with van der Waals surface area (Å²) in [6.07, 6.45) is 3.83. The Morgan fingerprint density at radius 1 is 0.889 bits per heavy atom. The van der Waals surface area contributed by atoms with E-state index in [1.807, 2.05) is 0 Å². The Morgan fingerprint density at radius 3 is 1.50 bits per heavy atom. The SMILES string of the molecule is CCCCN1C(=O)C(Br)N(CCCC)C(=O)C1Br. The molecule has 1 aliphatic rings. The number of carbonyl (C=O) groups excluding carboxylic acids is 2. The van der Waals surface area contributed by atoms with Crippen molar-refractivity contribution in [3.05, 3.63) is 0 Å². The van der Waals surface area contributed by atoms with Gasteiger partial charge in [-0.2, -0.15) is 0 Å². The molecule has 1 heterocycles. The molecule has 0 saturated carbocycles. The van der Waals surface area contributed by atoms with Gasteiger partial charge in [-0.05, 0) is 12.8 Å². The molecule has 2 unspecified atom stereocenters. The Hall–Kier alpha value is -0.100. The van der Waals surface area contributed by atoms with Crippen LogP contribution in [0, 0.1) is 0 Å². The van der Waals surface area contributed by atoms with E-state index in [2.05, 4.69) is 45.7 Å². The molecule has 0 aromatic carbocycles. The number of hydrogen-bond donors (Lipinski definition) is 0. The highest BCUT2D eigenvalue weighted by Gasteiger charge is 2.42. The van der Waals surface area contributed by atoms with Crippen molar-refractivity contribution in [3.8, 4) is 0 Å². The fourth-order valence-electron chi connectivity index (χ4n) is 1.87. The van der Waals surface area contributed by atoms with Gasteiger partial charge in [0.25, 0.3) is 11.8 Å². The molecule has 0 N–H and O–H groups in total. The zero-order valence-electron chi connectivity index (χ0n) is 10.9. The fourth-order valence-corrected chi connectivity index (χ4v) is 3.21. The molecule has 1 saturated heterocycles. The summed E-state index contributed by atoms with van der Waals surface area (Å²) < 4.78 is 0. The highest BCUT2D eigenvalue weighted by atomic mass is 79.9. The lowest BCUT2D eigenvalue weighted by Gasteiger charge is -2.41. The van der Waals surface area contributed by atoms with E-state index in [1.165, 1.54) is 0 Å². The second-order valence-electron chi connectivity index (χ2n) is 4.44. The van der Waals surface area contributed by atoms with Gasteiger partial charge in [0, 0.05) is 13.1 Å². The highest BCUT2D eigenvalue weighted by Crippen LogP contribution is 2.26. The van der Waals surface area contributed by atoms with Crippen molar-refractivity contribution >= 4 is 43.7 Å². The van der Waals surface area contributed by atoms with Gasteiger partial charge in [-0.1, -0.05) is 58.5 Å². The minimum Gasteiger partial charge on any atom is -0.319 e. The predicted octanol–water partition coefficient (Wildman–Crippen LogP) is 2.70. The van der Waals surface area contributed by atoms with Gasteiger partial charge in [0.2, 0.25) is 0 Å². The molecule has 18 heavy (non-hydrogen) atoms. The minimum absolute atomic E-state index is 0.0268. The van der Waals surface area contributed by atoms with Gasteiger partial charge in [0.15, 0.2) is 9.90 Å². The molecule has 6 heteroatoms. The van der Waals surface area contributed by atoms with E-state index in [0.717, 1.165) is 25.7 Å². The molecule has 1 rings (SSSR count). The Bertz CT molecular complexity index is 282. The standard InChI is InChI=1S/C12H20Br2N2O2/c1-3-5-7-15-9(13)12(18)16(8-6-4-2)10(14)11(15)17/h9-10H,3-8H2,1-2H3. The average Bonchev–Trinajstić information content (AvgIpc) is 2.37. The van der Waals surface area contributed by atoms with Gasteiger partial charge in [-0.25, -0.2) is 0 Å². The Labute approximate surface area is 125 Å². The first-order chi connectivity index (χ1) is 8.54. The van der Waals surface area contributed by atoms with E-state index in [1.54, 1.807) is 9.80 Å². The number of alkyl halides is 2. The molecule has 4 nitrogen and oxygen atoms in total. The van der Waals surface area contributed by atoms with Crippen LogP contribution < -0.4 is 0 Å². The Balaban J connectivity index is 2.75. The quantitative estimate of drug-likeness (QED) is 0.522. The zero-order chi connectivity index (χ0) is 13.7. The van der Waals surface area contributed by atoms with E-state index in [4.69, 9.17) is 0 Å². The lowest BCUT2D eigenvalue weighted by atomic mass is 10.2. The van der Waals surface area contributed by atoms with Crippen LogP contribution >= 0.6 is 31.9 Å². The normalized spacial score (nSPS) is 24.9. The van der Waals surface area contributed by atoms with Crippen molar-refractivity contribution in [3.63, 3.8) is 0 Å². The van der Waals surface area contributed by atoms with Crippen molar-refractivity contribution in [2.45, 2.75) is 49.4 Å². The van der Waals surface area contributed by atoms with Crippen molar-refractivity contribution in [1.29, 1.82) is 0 Å². The van der Waals surface area contributed by atoms with Gasteiger partial charge in [-0.15, -0.1) is 0 Å². The van der Waals surface area contributed by atoms with E-state index >= 15 is 0 Å². The van der Waals surface area contributed by atoms with Crippen LogP contribution in [0.4, 0.5) is 0 Å². The molecule has 0 bridgehead atoms. The molecule has 104 valence electrons. The van der Waals surface area contributed by atoms with Crippen molar-refractivity contribution in [2.24, 2.45) is 0 Å². The van der Waals surface area contributed by atoms with Gasteiger partial charge in [-0.3, -0.25) is 9.59 Å². The number of amides is 2. The third-order valence-electron chi connectivity index (χ3n) is 3.03.